The van der Waals surface area contributed by atoms with Gasteiger partial charge >= 0.3 is 0 Å². The van der Waals surface area contributed by atoms with Crippen molar-refractivity contribution in [3.05, 3.63) is 24.3 Å². The lowest BCUT2D eigenvalue weighted by molar-refractivity contribution is 0.255. The first-order valence-corrected chi connectivity index (χ1v) is 8.94. The van der Waals surface area contributed by atoms with Gasteiger partial charge in [0, 0.05) is 12.2 Å². The van der Waals surface area contributed by atoms with E-state index in [2.05, 4.69) is 4.90 Å². The Morgan fingerprint density at radius 3 is 2.50 bits per heavy atom. The Kier molecular flexibility index (Phi) is 5.05. The van der Waals surface area contributed by atoms with Crippen LogP contribution < -0.4 is 4.90 Å². The molecule has 2 rings (SSSR count). The molecule has 1 atom stereocenters. The number of hydrogen-bond acceptors (Lipinski definition) is 4. The van der Waals surface area contributed by atoms with E-state index >= 15 is 0 Å². The average Bonchev–Trinajstić information content (AvgIpc) is 2.72. The van der Waals surface area contributed by atoms with Crippen molar-refractivity contribution < 1.29 is 13.5 Å². The van der Waals surface area contributed by atoms with E-state index < -0.39 is 9.84 Å². The highest BCUT2D eigenvalue weighted by molar-refractivity contribution is 7.91. The number of hydrogen-bond donors (Lipinski definition) is 1. The summed E-state index contributed by atoms with van der Waals surface area (Å²) in [5.41, 5.74) is 1.00. The average molecular weight is 297 g/mol. The van der Waals surface area contributed by atoms with Gasteiger partial charge in [-0.05, 0) is 37.1 Å². The topological polar surface area (TPSA) is 57.6 Å². The lowest BCUT2D eigenvalue weighted by Crippen LogP contribution is -2.37. The fourth-order valence-corrected chi connectivity index (χ4v) is 3.60. The van der Waals surface area contributed by atoms with Gasteiger partial charge in [-0.25, -0.2) is 8.42 Å². The van der Waals surface area contributed by atoms with Crippen LogP contribution in [0.25, 0.3) is 0 Å². The lowest BCUT2D eigenvalue weighted by atomic mass is 10.1. The minimum absolute atomic E-state index is 0.120. The van der Waals surface area contributed by atoms with Crippen molar-refractivity contribution in [1.82, 2.24) is 0 Å². The zero-order valence-electron chi connectivity index (χ0n) is 12.0. The number of nitrogens with zero attached hydrogens (tertiary/aromatic N) is 1. The van der Waals surface area contributed by atoms with E-state index in [1.165, 1.54) is 6.42 Å². The molecule has 1 saturated heterocycles. The van der Waals surface area contributed by atoms with Crippen molar-refractivity contribution in [2.45, 2.75) is 43.5 Å². The summed E-state index contributed by atoms with van der Waals surface area (Å²) in [4.78, 5) is 2.58. The summed E-state index contributed by atoms with van der Waals surface area (Å²) in [5, 5.41) is 9.53. The summed E-state index contributed by atoms with van der Waals surface area (Å²) in [6.07, 6.45) is 4.44. The molecule has 0 saturated carbocycles. The Balaban J connectivity index is 2.24. The predicted molar refractivity (Wildman–Crippen MR) is 80.9 cm³/mol. The van der Waals surface area contributed by atoms with Crippen LogP contribution in [0.3, 0.4) is 0 Å². The highest BCUT2D eigenvalue weighted by atomic mass is 32.2. The van der Waals surface area contributed by atoms with Gasteiger partial charge in [0.2, 0.25) is 0 Å². The third kappa shape index (κ3) is 3.33. The molecule has 0 amide bonds. The molecule has 1 aliphatic heterocycles. The molecule has 4 nitrogen and oxygen atoms in total. The number of benzene rings is 1. The van der Waals surface area contributed by atoms with Crippen LogP contribution in [0.1, 0.15) is 32.6 Å². The fraction of sp³-hybridized carbons (Fsp3) is 0.600. The Bertz CT molecular complexity index is 525. The normalized spacial score (nSPS) is 20.7. The Morgan fingerprint density at radius 1 is 1.20 bits per heavy atom. The van der Waals surface area contributed by atoms with Crippen LogP contribution in [0.2, 0.25) is 0 Å². The summed E-state index contributed by atoms with van der Waals surface area (Å²) in [5.74, 6) is 0.120. The van der Waals surface area contributed by atoms with Crippen molar-refractivity contribution in [3.8, 4) is 0 Å². The van der Waals surface area contributed by atoms with E-state index in [0.717, 1.165) is 31.5 Å². The van der Waals surface area contributed by atoms with Crippen LogP contribution in [0.5, 0.6) is 0 Å². The zero-order chi connectivity index (χ0) is 14.6. The molecule has 1 unspecified atom stereocenters. The summed E-state index contributed by atoms with van der Waals surface area (Å²) < 4.78 is 23.6. The Hall–Kier alpha value is -1.07. The molecular weight excluding hydrogens is 274 g/mol. The SMILES string of the molecule is CCS(=O)(=O)c1ccc(N2CCCCCC2CO)cc1. The number of aliphatic hydroxyl groups is 1. The van der Waals surface area contributed by atoms with E-state index in [-0.39, 0.29) is 18.4 Å². The number of sulfone groups is 1. The second-order valence-corrected chi connectivity index (χ2v) is 7.55. The van der Waals surface area contributed by atoms with E-state index in [0.29, 0.717) is 4.90 Å². The van der Waals surface area contributed by atoms with Gasteiger partial charge in [-0.3, -0.25) is 0 Å². The molecule has 1 aromatic carbocycles. The van der Waals surface area contributed by atoms with Crippen molar-refractivity contribution in [2.75, 3.05) is 23.8 Å². The van der Waals surface area contributed by atoms with E-state index in [1.54, 1.807) is 19.1 Å². The number of anilines is 1. The molecule has 1 N–H and O–H groups in total. The van der Waals surface area contributed by atoms with Crippen molar-refractivity contribution in [3.63, 3.8) is 0 Å². The molecule has 0 aliphatic carbocycles. The molecular formula is C15H23NO3S. The first-order chi connectivity index (χ1) is 9.58. The number of rotatable bonds is 4. The van der Waals surface area contributed by atoms with Gasteiger partial charge in [-0.1, -0.05) is 19.8 Å². The molecule has 20 heavy (non-hydrogen) atoms. The highest BCUT2D eigenvalue weighted by Crippen LogP contribution is 2.25. The van der Waals surface area contributed by atoms with Gasteiger partial charge in [0.05, 0.1) is 23.3 Å². The van der Waals surface area contributed by atoms with Crippen LogP contribution >= 0.6 is 0 Å². The Morgan fingerprint density at radius 2 is 1.90 bits per heavy atom. The first kappa shape index (κ1) is 15.3. The smallest absolute Gasteiger partial charge is 0.178 e. The van der Waals surface area contributed by atoms with E-state index in [1.807, 2.05) is 12.1 Å². The highest BCUT2D eigenvalue weighted by Gasteiger charge is 2.21. The second-order valence-electron chi connectivity index (χ2n) is 5.28. The molecule has 1 aromatic rings. The van der Waals surface area contributed by atoms with Gasteiger partial charge in [-0.15, -0.1) is 0 Å². The third-order valence-electron chi connectivity index (χ3n) is 4.00. The molecule has 0 aromatic heterocycles. The van der Waals surface area contributed by atoms with Gasteiger partial charge < -0.3 is 10.0 Å². The summed E-state index contributed by atoms with van der Waals surface area (Å²) in [6.45, 7) is 2.72. The van der Waals surface area contributed by atoms with Gasteiger partial charge in [-0.2, -0.15) is 0 Å². The molecule has 1 fully saturated rings. The van der Waals surface area contributed by atoms with Gasteiger partial charge in [0.15, 0.2) is 9.84 Å². The summed E-state index contributed by atoms with van der Waals surface area (Å²) in [6, 6.07) is 7.21. The third-order valence-corrected chi connectivity index (χ3v) is 5.75. The molecule has 5 heteroatoms. The lowest BCUT2D eigenvalue weighted by Gasteiger charge is -2.31. The van der Waals surface area contributed by atoms with Gasteiger partial charge in [0.1, 0.15) is 0 Å². The maximum Gasteiger partial charge on any atom is 0.178 e. The predicted octanol–water partition coefficient (Wildman–Crippen LogP) is 2.22. The van der Waals surface area contributed by atoms with Crippen LogP contribution in [-0.4, -0.2) is 38.5 Å². The fourth-order valence-electron chi connectivity index (χ4n) is 2.72. The molecule has 0 radical (unpaired) electrons. The standard InChI is InChI=1S/C15H23NO3S/c1-2-20(18,19)15-9-7-13(8-10-15)16-11-5-3-4-6-14(16)12-17/h7-10,14,17H,2-6,11-12H2,1H3. The van der Waals surface area contributed by atoms with E-state index in [9.17, 15) is 13.5 Å². The molecule has 1 aliphatic rings. The second kappa shape index (κ2) is 6.59. The van der Waals surface area contributed by atoms with Crippen LogP contribution in [0, 0.1) is 0 Å². The zero-order valence-corrected chi connectivity index (χ0v) is 12.8. The molecule has 112 valence electrons. The quantitative estimate of drug-likeness (QED) is 0.926. The maximum absolute atomic E-state index is 11.8. The van der Waals surface area contributed by atoms with Crippen molar-refractivity contribution in [1.29, 1.82) is 0 Å². The summed E-state index contributed by atoms with van der Waals surface area (Å²) in [7, 11) is -3.14. The first-order valence-electron chi connectivity index (χ1n) is 7.29. The molecule has 1 heterocycles. The minimum Gasteiger partial charge on any atom is -0.394 e. The Labute approximate surface area is 121 Å². The maximum atomic E-state index is 11.8. The summed E-state index contributed by atoms with van der Waals surface area (Å²) >= 11 is 0. The molecule has 0 bridgehead atoms. The minimum atomic E-state index is -3.14. The largest absolute Gasteiger partial charge is 0.394 e. The van der Waals surface area contributed by atoms with Crippen LogP contribution in [0.4, 0.5) is 5.69 Å². The van der Waals surface area contributed by atoms with Crippen LogP contribution in [0.15, 0.2) is 29.2 Å². The van der Waals surface area contributed by atoms with Gasteiger partial charge in [0.25, 0.3) is 0 Å². The molecule has 0 spiro atoms. The number of aliphatic hydroxyl groups excluding tert-OH is 1. The monoisotopic (exact) mass is 297 g/mol. The van der Waals surface area contributed by atoms with Crippen molar-refractivity contribution in [2.24, 2.45) is 0 Å². The van der Waals surface area contributed by atoms with Crippen molar-refractivity contribution >= 4 is 15.5 Å². The van der Waals surface area contributed by atoms with Crippen LogP contribution in [-0.2, 0) is 9.84 Å². The van der Waals surface area contributed by atoms with E-state index in [4.69, 9.17) is 0 Å².